The first-order valence-electron chi connectivity index (χ1n) is 9.55. The summed E-state index contributed by atoms with van der Waals surface area (Å²) in [6, 6.07) is 8.82. The summed E-state index contributed by atoms with van der Waals surface area (Å²) in [6.45, 7) is 2.14. The summed E-state index contributed by atoms with van der Waals surface area (Å²) in [7, 11) is 1.75. The molecule has 2 saturated carbocycles. The standard InChI is InChI=1S/C22H32O/c1-3-4-5-6-17-7-8-21-16-20(10-9-19(21)15-17)18-11-13-22(23-2)14-12-18/h3-4,11-14,17,19-21H,5-10,15-16H2,1-2H3/b4-3+. The van der Waals surface area contributed by atoms with Gasteiger partial charge < -0.3 is 4.74 Å². The third kappa shape index (κ3) is 4.19. The van der Waals surface area contributed by atoms with Crippen LogP contribution in [0.2, 0.25) is 0 Å². The molecule has 0 spiro atoms. The molecule has 0 saturated heterocycles. The molecular weight excluding hydrogens is 280 g/mol. The molecule has 0 aromatic heterocycles. The van der Waals surface area contributed by atoms with E-state index in [-0.39, 0.29) is 0 Å². The van der Waals surface area contributed by atoms with Crippen LogP contribution in [0.1, 0.15) is 69.8 Å². The first-order chi connectivity index (χ1) is 11.3. The summed E-state index contributed by atoms with van der Waals surface area (Å²) >= 11 is 0. The van der Waals surface area contributed by atoms with Gasteiger partial charge in [0.1, 0.15) is 5.75 Å². The van der Waals surface area contributed by atoms with Gasteiger partial charge in [-0.25, -0.2) is 0 Å². The smallest absolute Gasteiger partial charge is 0.118 e. The molecule has 23 heavy (non-hydrogen) atoms. The van der Waals surface area contributed by atoms with Crippen molar-refractivity contribution in [3.05, 3.63) is 42.0 Å². The van der Waals surface area contributed by atoms with E-state index in [1.165, 1.54) is 56.9 Å². The molecule has 0 amide bonds. The Morgan fingerprint density at radius 1 is 1.00 bits per heavy atom. The van der Waals surface area contributed by atoms with Gasteiger partial charge in [-0.2, -0.15) is 0 Å². The minimum Gasteiger partial charge on any atom is -0.497 e. The Morgan fingerprint density at radius 2 is 1.74 bits per heavy atom. The van der Waals surface area contributed by atoms with Crippen molar-refractivity contribution < 1.29 is 4.74 Å². The average molecular weight is 312 g/mol. The highest BCUT2D eigenvalue weighted by Gasteiger charge is 2.35. The Bertz CT molecular complexity index is 501. The molecule has 4 atom stereocenters. The van der Waals surface area contributed by atoms with E-state index < -0.39 is 0 Å². The zero-order valence-electron chi connectivity index (χ0n) is 14.8. The lowest BCUT2D eigenvalue weighted by molar-refractivity contribution is 0.115. The summed E-state index contributed by atoms with van der Waals surface area (Å²) in [5.41, 5.74) is 1.53. The molecule has 1 nitrogen and oxygen atoms in total. The summed E-state index contributed by atoms with van der Waals surface area (Å²) in [5, 5.41) is 0. The number of methoxy groups -OCH3 is 1. The van der Waals surface area contributed by atoms with Gasteiger partial charge in [0.25, 0.3) is 0 Å². The van der Waals surface area contributed by atoms with E-state index in [2.05, 4.69) is 43.3 Å². The van der Waals surface area contributed by atoms with Gasteiger partial charge in [-0.15, -0.1) is 0 Å². The Hall–Kier alpha value is -1.24. The molecule has 0 N–H and O–H groups in total. The highest BCUT2D eigenvalue weighted by atomic mass is 16.5. The lowest BCUT2D eigenvalue weighted by Crippen LogP contribution is -2.30. The molecule has 0 aliphatic heterocycles. The van der Waals surface area contributed by atoms with Gasteiger partial charge in [0.15, 0.2) is 0 Å². The third-order valence-corrected chi connectivity index (χ3v) is 6.29. The summed E-state index contributed by atoms with van der Waals surface area (Å²) in [4.78, 5) is 0. The fourth-order valence-electron chi connectivity index (χ4n) is 4.93. The van der Waals surface area contributed by atoms with Crippen molar-refractivity contribution in [1.82, 2.24) is 0 Å². The number of hydrogen-bond acceptors (Lipinski definition) is 1. The quantitative estimate of drug-likeness (QED) is 0.575. The summed E-state index contributed by atoms with van der Waals surface area (Å²) < 4.78 is 5.29. The Kier molecular flexibility index (Phi) is 5.80. The largest absolute Gasteiger partial charge is 0.497 e. The maximum absolute atomic E-state index is 5.29. The van der Waals surface area contributed by atoms with Crippen molar-refractivity contribution in [2.75, 3.05) is 7.11 Å². The van der Waals surface area contributed by atoms with E-state index in [1.54, 1.807) is 7.11 Å². The lowest BCUT2D eigenvalue weighted by atomic mass is 9.63. The van der Waals surface area contributed by atoms with E-state index in [1.807, 2.05) is 0 Å². The molecule has 3 rings (SSSR count). The van der Waals surface area contributed by atoms with Crippen molar-refractivity contribution in [3.8, 4) is 5.75 Å². The normalized spacial score (nSPS) is 31.0. The van der Waals surface area contributed by atoms with Crippen LogP contribution >= 0.6 is 0 Å². The van der Waals surface area contributed by atoms with Crippen LogP contribution in [0.15, 0.2) is 36.4 Å². The number of rotatable bonds is 5. The molecule has 126 valence electrons. The molecule has 0 bridgehead atoms. The Balaban J connectivity index is 1.53. The van der Waals surface area contributed by atoms with Crippen LogP contribution in [0.5, 0.6) is 5.75 Å². The molecule has 0 heterocycles. The summed E-state index contributed by atoms with van der Waals surface area (Å²) in [6.07, 6.45) is 15.9. The van der Waals surface area contributed by atoms with Crippen molar-refractivity contribution in [3.63, 3.8) is 0 Å². The van der Waals surface area contributed by atoms with E-state index in [0.717, 1.165) is 29.4 Å². The van der Waals surface area contributed by atoms with E-state index in [9.17, 15) is 0 Å². The zero-order valence-corrected chi connectivity index (χ0v) is 14.8. The van der Waals surface area contributed by atoms with Gasteiger partial charge in [0, 0.05) is 0 Å². The van der Waals surface area contributed by atoms with E-state index in [4.69, 9.17) is 4.74 Å². The first-order valence-corrected chi connectivity index (χ1v) is 9.55. The number of ether oxygens (including phenoxy) is 1. The fraction of sp³-hybridized carbons (Fsp3) is 0.636. The van der Waals surface area contributed by atoms with Crippen LogP contribution < -0.4 is 4.74 Å². The molecule has 0 radical (unpaired) electrons. The minimum absolute atomic E-state index is 0.779. The monoisotopic (exact) mass is 312 g/mol. The van der Waals surface area contributed by atoms with Gasteiger partial charge >= 0.3 is 0 Å². The second-order valence-corrected chi connectivity index (χ2v) is 7.63. The SMILES string of the molecule is C/C=C/CCC1CCC2CC(c3ccc(OC)cc3)CCC2C1. The van der Waals surface area contributed by atoms with Crippen molar-refractivity contribution in [2.24, 2.45) is 17.8 Å². The second kappa shape index (κ2) is 8.04. The predicted octanol–water partition coefficient (Wildman–Crippen LogP) is 6.35. The number of hydrogen-bond donors (Lipinski definition) is 0. The van der Waals surface area contributed by atoms with Crippen molar-refractivity contribution >= 4 is 0 Å². The highest BCUT2D eigenvalue weighted by molar-refractivity contribution is 5.29. The van der Waals surface area contributed by atoms with Crippen LogP contribution in [-0.4, -0.2) is 7.11 Å². The zero-order chi connectivity index (χ0) is 16.1. The van der Waals surface area contributed by atoms with Crippen LogP contribution in [0.3, 0.4) is 0 Å². The average Bonchev–Trinajstić information content (AvgIpc) is 2.61. The fourth-order valence-corrected chi connectivity index (χ4v) is 4.93. The number of fused-ring (bicyclic) bond motifs is 1. The second-order valence-electron chi connectivity index (χ2n) is 7.63. The molecule has 2 fully saturated rings. The van der Waals surface area contributed by atoms with Crippen LogP contribution in [0.4, 0.5) is 0 Å². The summed E-state index contributed by atoms with van der Waals surface area (Å²) in [5.74, 6) is 4.73. The van der Waals surface area contributed by atoms with Crippen LogP contribution in [0, 0.1) is 17.8 Å². The first kappa shape index (κ1) is 16.6. The topological polar surface area (TPSA) is 9.23 Å². The van der Waals surface area contributed by atoms with Crippen molar-refractivity contribution in [2.45, 2.75) is 64.2 Å². The Morgan fingerprint density at radius 3 is 2.48 bits per heavy atom. The van der Waals surface area contributed by atoms with E-state index >= 15 is 0 Å². The molecule has 1 aromatic rings. The maximum Gasteiger partial charge on any atom is 0.118 e. The minimum atomic E-state index is 0.779. The number of benzene rings is 1. The molecule has 1 heteroatoms. The van der Waals surface area contributed by atoms with Gasteiger partial charge in [-0.3, -0.25) is 0 Å². The lowest BCUT2D eigenvalue weighted by Gasteiger charge is -2.42. The Labute approximate surface area is 142 Å². The van der Waals surface area contributed by atoms with Crippen molar-refractivity contribution in [1.29, 1.82) is 0 Å². The molecule has 2 aliphatic carbocycles. The molecule has 4 unspecified atom stereocenters. The van der Waals surface area contributed by atoms with E-state index in [0.29, 0.717) is 0 Å². The molecule has 2 aliphatic rings. The van der Waals surface area contributed by atoms with Gasteiger partial charge in [-0.05, 0) is 93.2 Å². The molecular formula is C22H32O. The maximum atomic E-state index is 5.29. The molecule has 1 aromatic carbocycles. The van der Waals surface area contributed by atoms with Crippen LogP contribution in [0.25, 0.3) is 0 Å². The van der Waals surface area contributed by atoms with Crippen LogP contribution in [-0.2, 0) is 0 Å². The third-order valence-electron chi connectivity index (χ3n) is 6.29. The van der Waals surface area contributed by atoms with Gasteiger partial charge in [0.05, 0.1) is 7.11 Å². The highest BCUT2D eigenvalue weighted by Crippen LogP contribution is 2.48. The van der Waals surface area contributed by atoms with Gasteiger partial charge in [-0.1, -0.05) is 30.7 Å². The predicted molar refractivity (Wildman–Crippen MR) is 98.0 cm³/mol. The van der Waals surface area contributed by atoms with Gasteiger partial charge in [0.2, 0.25) is 0 Å². The number of allylic oxidation sites excluding steroid dienone is 2.